The zero-order valence-corrected chi connectivity index (χ0v) is 17.5. The Labute approximate surface area is 171 Å². The second kappa shape index (κ2) is 7.80. The van der Waals surface area contributed by atoms with Crippen LogP contribution in [0.5, 0.6) is 0 Å². The summed E-state index contributed by atoms with van der Waals surface area (Å²) in [5.41, 5.74) is 2.91. The van der Waals surface area contributed by atoms with Gasteiger partial charge in [-0.25, -0.2) is 0 Å². The van der Waals surface area contributed by atoms with Crippen LogP contribution in [0.3, 0.4) is 0 Å². The van der Waals surface area contributed by atoms with Crippen LogP contribution in [-0.4, -0.2) is 47.7 Å². The van der Waals surface area contributed by atoms with Crippen molar-refractivity contribution < 1.29 is 9.59 Å². The number of rotatable bonds is 5. The molecule has 3 heterocycles. The molecule has 1 amide bonds. The Morgan fingerprint density at radius 1 is 1.11 bits per heavy atom. The largest absolute Gasteiger partial charge is 0.339 e. The fraction of sp³-hybridized carbons (Fsp3) is 0.478. The Bertz CT molecular complexity index is 859. The minimum absolute atomic E-state index is 0.140. The number of ketones is 1. The van der Waals surface area contributed by atoms with Crippen LogP contribution in [0, 0.1) is 0 Å². The van der Waals surface area contributed by atoms with Gasteiger partial charge in [-0.05, 0) is 29.0 Å². The molecule has 1 atom stereocenters. The van der Waals surface area contributed by atoms with E-state index in [1.165, 1.54) is 22.5 Å². The van der Waals surface area contributed by atoms with Crippen molar-refractivity contribution in [3.8, 4) is 0 Å². The first-order valence-electron chi connectivity index (χ1n) is 10.1. The Morgan fingerprint density at radius 3 is 2.71 bits per heavy atom. The molecule has 1 fully saturated rings. The Balaban J connectivity index is 1.38. The summed E-state index contributed by atoms with van der Waals surface area (Å²) in [7, 11) is 0. The Hall–Kier alpha value is -1.98. The lowest BCUT2D eigenvalue weighted by Crippen LogP contribution is -2.55. The van der Waals surface area contributed by atoms with E-state index in [2.05, 4.69) is 43.0 Å². The molecule has 2 aliphatic heterocycles. The first-order chi connectivity index (χ1) is 13.5. The molecule has 0 radical (unpaired) electrons. The number of amides is 1. The summed E-state index contributed by atoms with van der Waals surface area (Å²) in [6.45, 7) is 8.11. The highest BCUT2D eigenvalue weighted by atomic mass is 32.1. The van der Waals surface area contributed by atoms with Crippen molar-refractivity contribution in [2.75, 3.05) is 26.2 Å². The number of carbonyl (C=O) groups excluding carboxylic acids is 2. The maximum atomic E-state index is 12.8. The molecule has 28 heavy (non-hydrogen) atoms. The molecule has 0 aliphatic carbocycles. The highest BCUT2D eigenvalue weighted by molar-refractivity contribution is 7.12. The van der Waals surface area contributed by atoms with Gasteiger partial charge in [0.25, 0.3) is 0 Å². The van der Waals surface area contributed by atoms with Gasteiger partial charge in [0.15, 0.2) is 5.78 Å². The van der Waals surface area contributed by atoms with Crippen LogP contribution in [0.4, 0.5) is 0 Å². The number of carbonyl (C=O) groups is 2. The molecule has 1 unspecified atom stereocenters. The average Bonchev–Trinajstić information content (AvgIpc) is 3.22. The molecule has 0 saturated carbocycles. The Morgan fingerprint density at radius 2 is 1.93 bits per heavy atom. The number of Topliss-reactive ketones (excluding diaryl/α,β-unsaturated/α-hetero) is 1. The lowest BCUT2D eigenvalue weighted by Gasteiger charge is -2.50. The Kier molecular flexibility index (Phi) is 5.39. The zero-order valence-electron chi connectivity index (χ0n) is 16.7. The number of fused-ring (bicyclic) bond motifs is 3. The maximum Gasteiger partial charge on any atom is 0.222 e. The molecule has 0 bridgehead atoms. The third-order valence-corrected chi connectivity index (χ3v) is 6.99. The lowest BCUT2D eigenvalue weighted by atomic mass is 9.75. The summed E-state index contributed by atoms with van der Waals surface area (Å²) in [5.74, 6) is 0.331. The van der Waals surface area contributed by atoms with Gasteiger partial charge < -0.3 is 4.90 Å². The molecule has 4 nitrogen and oxygen atoms in total. The fourth-order valence-electron chi connectivity index (χ4n) is 4.65. The monoisotopic (exact) mass is 396 g/mol. The minimum atomic E-state index is 0.140. The van der Waals surface area contributed by atoms with E-state index >= 15 is 0 Å². The minimum Gasteiger partial charge on any atom is -0.339 e. The van der Waals surface area contributed by atoms with Gasteiger partial charge in [0, 0.05) is 44.4 Å². The van der Waals surface area contributed by atoms with Crippen molar-refractivity contribution in [2.24, 2.45) is 0 Å². The summed E-state index contributed by atoms with van der Waals surface area (Å²) < 4.78 is 0. The van der Waals surface area contributed by atoms with Gasteiger partial charge in [-0.15, -0.1) is 11.3 Å². The summed E-state index contributed by atoms with van der Waals surface area (Å²) in [4.78, 5) is 30.2. The lowest BCUT2D eigenvalue weighted by molar-refractivity contribution is -0.134. The van der Waals surface area contributed by atoms with Gasteiger partial charge >= 0.3 is 0 Å². The van der Waals surface area contributed by atoms with E-state index in [9.17, 15) is 9.59 Å². The third-order valence-electron chi connectivity index (χ3n) is 6.08. The second-order valence-corrected chi connectivity index (χ2v) is 9.50. The normalized spacial score (nSPS) is 21.1. The van der Waals surface area contributed by atoms with Crippen LogP contribution in [0.1, 0.15) is 60.0 Å². The third kappa shape index (κ3) is 3.78. The average molecular weight is 397 g/mol. The van der Waals surface area contributed by atoms with Crippen molar-refractivity contribution in [3.63, 3.8) is 0 Å². The second-order valence-electron chi connectivity index (χ2n) is 8.55. The molecule has 1 aromatic carbocycles. The van der Waals surface area contributed by atoms with Gasteiger partial charge in [-0.1, -0.05) is 44.2 Å². The number of hydrogen-bond donors (Lipinski definition) is 0. The van der Waals surface area contributed by atoms with E-state index in [0.29, 0.717) is 19.3 Å². The number of thiophene rings is 1. The van der Waals surface area contributed by atoms with Crippen LogP contribution in [0.25, 0.3) is 0 Å². The number of piperazine rings is 1. The zero-order chi connectivity index (χ0) is 19.7. The van der Waals surface area contributed by atoms with Gasteiger partial charge in [0.2, 0.25) is 5.91 Å². The summed E-state index contributed by atoms with van der Waals surface area (Å²) >= 11 is 1.47. The standard InChI is InChI=1S/C23H28N2O2S/c1-23(2)16-25-13-12-24(15-19(25)17-7-3-4-8-18(17)23)22(27)11-5-9-20(26)21-10-6-14-28-21/h3-4,6-8,10,14,19H,5,9,11-13,15-16H2,1-2H3. The molecule has 0 N–H and O–H groups in total. The molecule has 4 rings (SSSR count). The van der Waals surface area contributed by atoms with Crippen LogP contribution in [0.2, 0.25) is 0 Å². The predicted octanol–water partition coefficient (Wildman–Crippen LogP) is 4.28. The summed E-state index contributed by atoms with van der Waals surface area (Å²) in [6, 6.07) is 12.7. The highest BCUT2D eigenvalue weighted by Crippen LogP contribution is 2.41. The highest BCUT2D eigenvalue weighted by Gasteiger charge is 2.40. The van der Waals surface area contributed by atoms with E-state index in [1.54, 1.807) is 0 Å². The van der Waals surface area contributed by atoms with Gasteiger partial charge in [0.05, 0.1) is 10.9 Å². The van der Waals surface area contributed by atoms with Crippen molar-refractivity contribution in [2.45, 2.75) is 44.6 Å². The summed E-state index contributed by atoms with van der Waals surface area (Å²) in [5, 5.41) is 1.92. The molecule has 5 heteroatoms. The van der Waals surface area contributed by atoms with Gasteiger partial charge in [0.1, 0.15) is 0 Å². The van der Waals surface area contributed by atoms with Crippen molar-refractivity contribution in [1.29, 1.82) is 0 Å². The first kappa shape index (κ1) is 19.3. The molecular formula is C23H28N2O2S. The number of benzene rings is 1. The SMILES string of the molecule is CC1(C)CN2CCN(C(=O)CCCC(=O)c3cccs3)CC2c2ccccc21. The molecule has 0 spiro atoms. The molecular weight excluding hydrogens is 368 g/mol. The van der Waals surface area contributed by atoms with Crippen molar-refractivity contribution in [1.82, 2.24) is 9.80 Å². The molecule has 2 aliphatic rings. The molecule has 1 saturated heterocycles. The smallest absolute Gasteiger partial charge is 0.222 e. The van der Waals surface area contributed by atoms with Crippen LogP contribution < -0.4 is 0 Å². The van der Waals surface area contributed by atoms with Crippen LogP contribution in [0.15, 0.2) is 41.8 Å². The van der Waals surface area contributed by atoms with Crippen molar-refractivity contribution >= 4 is 23.0 Å². The fourth-order valence-corrected chi connectivity index (χ4v) is 5.34. The van der Waals surface area contributed by atoms with Crippen LogP contribution >= 0.6 is 11.3 Å². The molecule has 1 aromatic heterocycles. The van der Waals surface area contributed by atoms with E-state index in [4.69, 9.17) is 0 Å². The molecule has 2 aromatic rings. The van der Waals surface area contributed by atoms with E-state index in [-0.39, 0.29) is 23.1 Å². The van der Waals surface area contributed by atoms with Crippen molar-refractivity contribution in [3.05, 3.63) is 57.8 Å². The topological polar surface area (TPSA) is 40.6 Å². The van der Waals surface area contributed by atoms with E-state index in [1.807, 2.05) is 22.4 Å². The number of hydrogen-bond acceptors (Lipinski definition) is 4. The van der Waals surface area contributed by atoms with E-state index < -0.39 is 0 Å². The van der Waals surface area contributed by atoms with E-state index in [0.717, 1.165) is 31.1 Å². The number of nitrogens with zero attached hydrogens (tertiary/aromatic N) is 2. The first-order valence-corrected chi connectivity index (χ1v) is 11.0. The maximum absolute atomic E-state index is 12.8. The van der Waals surface area contributed by atoms with Gasteiger partial charge in [-0.2, -0.15) is 0 Å². The molecule has 148 valence electrons. The quantitative estimate of drug-likeness (QED) is 0.709. The van der Waals surface area contributed by atoms with Gasteiger partial charge in [-0.3, -0.25) is 14.5 Å². The predicted molar refractivity (Wildman–Crippen MR) is 113 cm³/mol. The van der Waals surface area contributed by atoms with Crippen LogP contribution in [-0.2, 0) is 10.2 Å². The summed E-state index contributed by atoms with van der Waals surface area (Å²) in [6.07, 6.45) is 1.54.